The number of benzene rings is 2. The van der Waals surface area contributed by atoms with Crippen molar-refractivity contribution in [3.8, 4) is 5.75 Å². The van der Waals surface area contributed by atoms with Gasteiger partial charge in [0.05, 0.1) is 31.4 Å². The monoisotopic (exact) mass is 404 g/mol. The minimum absolute atomic E-state index is 0.0164. The Morgan fingerprint density at radius 2 is 2.07 bits per heavy atom. The van der Waals surface area contributed by atoms with Gasteiger partial charge in [-0.15, -0.1) is 4.40 Å². The van der Waals surface area contributed by atoms with E-state index < -0.39 is 14.9 Å². The van der Waals surface area contributed by atoms with E-state index in [1.54, 1.807) is 24.3 Å². The predicted octanol–water partition coefficient (Wildman–Crippen LogP) is 1.38. The fourth-order valence-corrected chi connectivity index (χ4v) is 3.86. The standard InChI is InChI=1S/C17H16N4O6S/c1-27-15-7-6-12(10-14(15)21(23)24)11-18-20(8-9-22)17-13-4-2-3-5-16(13)28(25,26)19-17/h2-7,10-11,22H,8-9H2,1H3. The summed E-state index contributed by atoms with van der Waals surface area (Å²) >= 11 is 0. The highest BCUT2D eigenvalue weighted by atomic mass is 32.2. The summed E-state index contributed by atoms with van der Waals surface area (Å²) in [7, 11) is -2.51. The molecule has 146 valence electrons. The molecule has 28 heavy (non-hydrogen) atoms. The highest BCUT2D eigenvalue weighted by Crippen LogP contribution is 2.28. The summed E-state index contributed by atoms with van der Waals surface area (Å²) in [5.41, 5.74) is 0.533. The lowest BCUT2D eigenvalue weighted by Gasteiger charge is -2.17. The third-order valence-electron chi connectivity index (χ3n) is 3.91. The lowest BCUT2D eigenvalue weighted by molar-refractivity contribution is -0.385. The number of ether oxygens (including phenoxy) is 1. The summed E-state index contributed by atoms with van der Waals surface area (Å²) < 4.78 is 33.1. The van der Waals surface area contributed by atoms with E-state index >= 15 is 0 Å². The van der Waals surface area contributed by atoms with Crippen LogP contribution in [0, 0.1) is 10.1 Å². The van der Waals surface area contributed by atoms with E-state index in [9.17, 15) is 23.6 Å². The molecule has 1 aliphatic heterocycles. The molecule has 1 aliphatic rings. The average Bonchev–Trinajstić information content (AvgIpc) is 2.96. The van der Waals surface area contributed by atoms with Crippen LogP contribution in [-0.2, 0) is 10.0 Å². The van der Waals surface area contributed by atoms with Gasteiger partial charge in [-0.25, -0.2) is 5.01 Å². The number of fused-ring (bicyclic) bond motifs is 1. The topological polar surface area (TPSA) is 135 Å². The van der Waals surface area contributed by atoms with Crippen LogP contribution in [0.2, 0.25) is 0 Å². The number of methoxy groups -OCH3 is 1. The Bertz CT molecular complexity index is 1080. The summed E-state index contributed by atoms with van der Waals surface area (Å²) in [4.78, 5) is 10.6. The molecule has 0 bridgehead atoms. The smallest absolute Gasteiger partial charge is 0.311 e. The van der Waals surface area contributed by atoms with Gasteiger partial charge >= 0.3 is 5.69 Å². The molecule has 0 unspecified atom stereocenters. The molecule has 0 saturated carbocycles. The zero-order valence-corrected chi connectivity index (χ0v) is 15.5. The van der Waals surface area contributed by atoms with Crippen molar-refractivity contribution in [2.24, 2.45) is 9.50 Å². The Hall–Kier alpha value is -3.31. The maximum absolute atomic E-state index is 12.2. The molecule has 0 radical (unpaired) electrons. The zero-order valence-electron chi connectivity index (χ0n) is 14.7. The van der Waals surface area contributed by atoms with Crippen LogP contribution in [0.4, 0.5) is 5.69 Å². The van der Waals surface area contributed by atoms with Crippen LogP contribution in [0.5, 0.6) is 5.75 Å². The molecule has 0 aliphatic carbocycles. The van der Waals surface area contributed by atoms with Gasteiger partial charge in [0.15, 0.2) is 11.6 Å². The van der Waals surface area contributed by atoms with E-state index in [1.165, 1.54) is 36.5 Å². The predicted molar refractivity (Wildman–Crippen MR) is 101 cm³/mol. The number of hydrogen-bond acceptors (Lipinski definition) is 8. The number of nitrogens with zero attached hydrogens (tertiary/aromatic N) is 4. The number of aliphatic hydroxyl groups is 1. The normalized spacial score (nSPS) is 14.6. The number of hydrazone groups is 1. The van der Waals surface area contributed by atoms with Crippen molar-refractivity contribution >= 4 is 27.8 Å². The number of hydrogen-bond donors (Lipinski definition) is 1. The molecule has 3 rings (SSSR count). The van der Waals surface area contributed by atoms with E-state index in [1.807, 2.05) is 0 Å². The van der Waals surface area contributed by atoms with E-state index in [0.29, 0.717) is 11.1 Å². The third kappa shape index (κ3) is 3.70. The Morgan fingerprint density at radius 3 is 2.75 bits per heavy atom. The van der Waals surface area contributed by atoms with Crippen LogP contribution in [-0.4, -0.2) is 55.8 Å². The number of nitro benzene ring substituents is 1. The molecular weight excluding hydrogens is 388 g/mol. The number of rotatable bonds is 6. The van der Waals surface area contributed by atoms with Crippen LogP contribution >= 0.6 is 0 Å². The molecule has 0 fully saturated rings. The number of nitro groups is 1. The van der Waals surface area contributed by atoms with Crippen molar-refractivity contribution in [2.45, 2.75) is 4.90 Å². The van der Waals surface area contributed by atoms with Gasteiger partial charge in [0.2, 0.25) is 0 Å². The second-order valence-electron chi connectivity index (χ2n) is 5.67. The van der Waals surface area contributed by atoms with Gasteiger partial charge in [0, 0.05) is 17.2 Å². The van der Waals surface area contributed by atoms with Crippen LogP contribution < -0.4 is 4.74 Å². The molecule has 0 atom stereocenters. The molecule has 10 nitrogen and oxygen atoms in total. The fourth-order valence-electron chi connectivity index (χ4n) is 2.65. The Kier molecular flexibility index (Phi) is 5.38. The first kappa shape index (κ1) is 19.5. The van der Waals surface area contributed by atoms with Gasteiger partial charge in [-0.1, -0.05) is 12.1 Å². The number of sulfonamides is 1. The first-order valence-electron chi connectivity index (χ1n) is 8.06. The summed E-state index contributed by atoms with van der Waals surface area (Å²) in [6.07, 6.45) is 1.32. The maximum atomic E-state index is 12.2. The lowest BCUT2D eigenvalue weighted by Crippen LogP contribution is -2.28. The average molecular weight is 404 g/mol. The summed E-state index contributed by atoms with van der Waals surface area (Å²) in [6.45, 7) is -0.321. The molecule has 1 heterocycles. The molecule has 0 saturated heterocycles. The Morgan fingerprint density at radius 1 is 1.32 bits per heavy atom. The van der Waals surface area contributed by atoms with Crippen molar-refractivity contribution in [3.63, 3.8) is 0 Å². The van der Waals surface area contributed by atoms with Crippen LogP contribution in [0.25, 0.3) is 0 Å². The molecule has 2 aromatic rings. The van der Waals surface area contributed by atoms with Gasteiger partial charge < -0.3 is 9.84 Å². The quantitative estimate of drug-likeness (QED) is 0.436. The molecule has 0 spiro atoms. The third-order valence-corrected chi connectivity index (χ3v) is 5.24. The van der Waals surface area contributed by atoms with Gasteiger partial charge in [-0.3, -0.25) is 10.1 Å². The van der Waals surface area contributed by atoms with E-state index in [-0.39, 0.29) is 35.3 Å². The van der Waals surface area contributed by atoms with Gasteiger partial charge in [0.25, 0.3) is 10.0 Å². The largest absolute Gasteiger partial charge is 0.490 e. The summed E-state index contributed by atoms with van der Waals surface area (Å²) in [5.74, 6) is 0.179. The first-order chi connectivity index (χ1) is 13.4. The minimum Gasteiger partial charge on any atom is -0.490 e. The van der Waals surface area contributed by atoms with E-state index in [4.69, 9.17) is 4.74 Å². The summed E-state index contributed by atoms with van der Waals surface area (Å²) in [5, 5.41) is 25.9. The molecule has 0 amide bonds. The van der Waals surface area contributed by atoms with Crippen molar-refractivity contribution < 1.29 is 23.2 Å². The van der Waals surface area contributed by atoms with Gasteiger partial charge in [0.1, 0.15) is 4.90 Å². The van der Waals surface area contributed by atoms with Crippen molar-refractivity contribution in [3.05, 3.63) is 63.7 Å². The maximum Gasteiger partial charge on any atom is 0.311 e. The summed E-state index contributed by atoms with van der Waals surface area (Å²) in [6, 6.07) is 10.6. The molecule has 11 heteroatoms. The lowest BCUT2D eigenvalue weighted by atomic mass is 10.2. The molecular formula is C17H16N4O6S. The van der Waals surface area contributed by atoms with Crippen molar-refractivity contribution in [1.82, 2.24) is 5.01 Å². The first-order valence-corrected chi connectivity index (χ1v) is 9.50. The zero-order chi connectivity index (χ0) is 20.3. The van der Waals surface area contributed by atoms with E-state index in [0.717, 1.165) is 0 Å². The minimum atomic E-state index is -3.84. The number of aliphatic hydroxyl groups excluding tert-OH is 1. The fraction of sp³-hybridized carbons (Fsp3) is 0.176. The van der Waals surface area contributed by atoms with Crippen molar-refractivity contribution in [2.75, 3.05) is 20.3 Å². The van der Waals surface area contributed by atoms with Crippen LogP contribution in [0.3, 0.4) is 0 Å². The molecule has 1 N–H and O–H groups in total. The number of amidine groups is 1. The Labute approximate surface area is 160 Å². The highest BCUT2D eigenvalue weighted by molar-refractivity contribution is 7.90. The second-order valence-corrected chi connectivity index (χ2v) is 7.24. The van der Waals surface area contributed by atoms with Crippen LogP contribution in [0.1, 0.15) is 11.1 Å². The molecule has 0 aromatic heterocycles. The highest BCUT2D eigenvalue weighted by Gasteiger charge is 2.31. The van der Waals surface area contributed by atoms with E-state index in [2.05, 4.69) is 9.50 Å². The Balaban J connectivity index is 1.97. The van der Waals surface area contributed by atoms with Gasteiger partial charge in [-0.2, -0.15) is 13.5 Å². The van der Waals surface area contributed by atoms with Crippen molar-refractivity contribution in [1.29, 1.82) is 0 Å². The molecule has 2 aromatic carbocycles. The second kappa shape index (κ2) is 7.74. The SMILES string of the molecule is COc1ccc(C=NN(CCO)C2=NS(=O)(=O)c3ccccc32)cc1[N+](=O)[O-]. The van der Waals surface area contributed by atoms with Gasteiger partial charge in [-0.05, 0) is 24.3 Å². The van der Waals surface area contributed by atoms with Crippen LogP contribution in [0.15, 0.2) is 56.9 Å².